The zero-order chi connectivity index (χ0) is 16.4. The number of benzene rings is 1. The molecule has 5 nitrogen and oxygen atoms in total. The van der Waals surface area contributed by atoms with Gasteiger partial charge in [0.2, 0.25) is 0 Å². The molecule has 24 heavy (non-hydrogen) atoms. The predicted molar refractivity (Wildman–Crippen MR) is 90.3 cm³/mol. The van der Waals surface area contributed by atoms with E-state index in [9.17, 15) is 4.79 Å². The molecule has 1 atom stereocenters. The van der Waals surface area contributed by atoms with Gasteiger partial charge in [0.25, 0.3) is 5.91 Å². The van der Waals surface area contributed by atoms with E-state index in [2.05, 4.69) is 15.3 Å². The number of aromatic amines is 1. The van der Waals surface area contributed by atoms with Crippen molar-refractivity contribution in [3.63, 3.8) is 0 Å². The maximum absolute atomic E-state index is 12.2. The van der Waals surface area contributed by atoms with Gasteiger partial charge < -0.3 is 15.0 Å². The van der Waals surface area contributed by atoms with Gasteiger partial charge in [0.05, 0.1) is 30.5 Å². The van der Waals surface area contributed by atoms with Gasteiger partial charge in [-0.15, -0.1) is 0 Å². The number of carbonyl (C=O) groups excluding carboxylic acids is 1. The first-order chi connectivity index (χ1) is 11.8. The van der Waals surface area contributed by atoms with Crippen molar-refractivity contribution in [1.82, 2.24) is 15.3 Å². The number of amides is 1. The first-order valence-corrected chi connectivity index (χ1v) is 7.87. The van der Waals surface area contributed by atoms with E-state index in [-0.39, 0.29) is 11.9 Å². The van der Waals surface area contributed by atoms with Crippen LogP contribution in [0.4, 0.5) is 0 Å². The Labute approximate surface area is 139 Å². The summed E-state index contributed by atoms with van der Waals surface area (Å²) in [5.74, 6) is -0.0603. The highest BCUT2D eigenvalue weighted by Gasteiger charge is 2.31. The zero-order valence-electron chi connectivity index (χ0n) is 13.0. The smallest absolute Gasteiger partial charge is 0.253 e. The summed E-state index contributed by atoms with van der Waals surface area (Å²) in [6.07, 6.45) is 3.48. The zero-order valence-corrected chi connectivity index (χ0v) is 13.0. The summed E-state index contributed by atoms with van der Waals surface area (Å²) in [7, 11) is 0. The van der Waals surface area contributed by atoms with Gasteiger partial charge in [-0.05, 0) is 23.8 Å². The molecule has 0 radical (unpaired) electrons. The molecule has 4 rings (SSSR count). The van der Waals surface area contributed by atoms with Crippen molar-refractivity contribution in [2.45, 2.75) is 12.6 Å². The maximum atomic E-state index is 12.2. The third kappa shape index (κ3) is 2.81. The molecule has 3 aromatic rings. The molecule has 1 amide bonds. The van der Waals surface area contributed by atoms with Crippen LogP contribution in [0.3, 0.4) is 0 Å². The lowest BCUT2D eigenvalue weighted by atomic mass is 10.2. The van der Waals surface area contributed by atoms with Crippen molar-refractivity contribution in [3.8, 4) is 11.3 Å². The highest BCUT2D eigenvalue weighted by Crippen LogP contribution is 2.30. The Kier molecular flexibility index (Phi) is 3.84. The van der Waals surface area contributed by atoms with Crippen molar-refractivity contribution in [2.75, 3.05) is 6.61 Å². The van der Waals surface area contributed by atoms with Crippen LogP contribution in [-0.4, -0.2) is 22.5 Å². The Balaban J connectivity index is 1.48. The van der Waals surface area contributed by atoms with Crippen LogP contribution in [0, 0.1) is 0 Å². The number of aromatic nitrogens is 2. The molecule has 0 fully saturated rings. The van der Waals surface area contributed by atoms with E-state index < -0.39 is 0 Å². The summed E-state index contributed by atoms with van der Waals surface area (Å²) >= 11 is 0. The highest BCUT2D eigenvalue weighted by molar-refractivity contribution is 6.00. The Hall–Kier alpha value is -2.92. The van der Waals surface area contributed by atoms with Gasteiger partial charge in [-0.1, -0.05) is 30.3 Å². The van der Waals surface area contributed by atoms with E-state index in [4.69, 9.17) is 4.74 Å². The van der Waals surface area contributed by atoms with Crippen molar-refractivity contribution in [1.29, 1.82) is 0 Å². The number of nitrogens with one attached hydrogen (secondary N) is 2. The van der Waals surface area contributed by atoms with Crippen LogP contribution >= 0.6 is 0 Å². The predicted octanol–water partition coefficient (Wildman–Crippen LogP) is 3.08. The van der Waals surface area contributed by atoms with Crippen molar-refractivity contribution in [3.05, 3.63) is 77.7 Å². The summed E-state index contributed by atoms with van der Waals surface area (Å²) in [5.41, 5.74) is 4.63. The second-order valence-corrected chi connectivity index (χ2v) is 5.77. The standard InChI is InChI=1S/C19H17N3O2/c23-19-15-10-16(14-6-8-20-9-7-14)21-18(15)17(22-19)12-24-11-13-4-2-1-3-5-13/h1-10,17,21H,11-12H2,(H,22,23). The molecule has 2 aromatic heterocycles. The van der Waals surface area contributed by atoms with E-state index in [0.29, 0.717) is 18.8 Å². The third-order valence-electron chi connectivity index (χ3n) is 4.13. The van der Waals surface area contributed by atoms with Gasteiger partial charge in [-0.2, -0.15) is 0 Å². The van der Waals surface area contributed by atoms with Gasteiger partial charge in [0.15, 0.2) is 0 Å². The number of rotatable bonds is 5. The van der Waals surface area contributed by atoms with Crippen LogP contribution in [0.15, 0.2) is 60.9 Å². The lowest BCUT2D eigenvalue weighted by Gasteiger charge is -2.12. The molecule has 0 aliphatic carbocycles. The van der Waals surface area contributed by atoms with Crippen molar-refractivity contribution < 1.29 is 9.53 Å². The molecule has 1 aliphatic rings. The fourth-order valence-corrected chi connectivity index (χ4v) is 2.92. The van der Waals surface area contributed by atoms with E-state index in [1.807, 2.05) is 48.5 Å². The number of H-pyrrole nitrogens is 1. The van der Waals surface area contributed by atoms with Gasteiger partial charge in [0, 0.05) is 23.7 Å². The Bertz CT molecular complexity index is 844. The first kappa shape index (κ1) is 14.7. The molecule has 0 bridgehead atoms. The van der Waals surface area contributed by atoms with Crippen LogP contribution in [0.5, 0.6) is 0 Å². The number of ether oxygens (including phenoxy) is 1. The summed E-state index contributed by atoms with van der Waals surface area (Å²) in [6.45, 7) is 0.963. The number of hydrogen-bond donors (Lipinski definition) is 2. The molecule has 3 heterocycles. The van der Waals surface area contributed by atoms with Crippen molar-refractivity contribution in [2.24, 2.45) is 0 Å². The van der Waals surface area contributed by atoms with Gasteiger partial charge in [0.1, 0.15) is 0 Å². The molecule has 1 aliphatic heterocycles. The molecular weight excluding hydrogens is 302 g/mol. The highest BCUT2D eigenvalue weighted by atomic mass is 16.5. The van der Waals surface area contributed by atoms with Gasteiger partial charge >= 0.3 is 0 Å². The normalized spacial score (nSPS) is 16.0. The minimum Gasteiger partial charge on any atom is -0.374 e. The van der Waals surface area contributed by atoms with Crippen LogP contribution in [0.25, 0.3) is 11.3 Å². The summed E-state index contributed by atoms with van der Waals surface area (Å²) in [6, 6.07) is 15.6. The van der Waals surface area contributed by atoms with E-state index in [0.717, 1.165) is 22.5 Å². The fraction of sp³-hybridized carbons (Fsp3) is 0.158. The molecule has 0 saturated heterocycles. The fourth-order valence-electron chi connectivity index (χ4n) is 2.92. The van der Waals surface area contributed by atoms with Crippen LogP contribution in [0.1, 0.15) is 27.7 Å². The third-order valence-corrected chi connectivity index (χ3v) is 4.13. The summed E-state index contributed by atoms with van der Waals surface area (Å²) in [5, 5.41) is 2.96. The van der Waals surface area contributed by atoms with E-state index >= 15 is 0 Å². The molecule has 1 aromatic carbocycles. The molecule has 2 N–H and O–H groups in total. The van der Waals surface area contributed by atoms with Crippen LogP contribution in [-0.2, 0) is 11.3 Å². The van der Waals surface area contributed by atoms with E-state index in [1.54, 1.807) is 12.4 Å². The van der Waals surface area contributed by atoms with Crippen molar-refractivity contribution >= 4 is 5.91 Å². The monoisotopic (exact) mass is 319 g/mol. The molecule has 0 saturated carbocycles. The molecule has 5 heteroatoms. The van der Waals surface area contributed by atoms with Crippen LogP contribution < -0.4 is 5.32 Å². The first-order valence-electron chi connectivity index (χ1n) is 7.87. The van der Waals surface area contributed by atoms with Gasteiger partial charge in [-0.25, -0.2) is 0 Å². The SMILES string of the molecule is O=C1NC(COCc2ccccc2)c2[nH]c(-c3ccncc3)cc21. The second-order valence-electron chi connectivity index (χ2n) is 5.77. The minimum absolute atomic E-state index is 0.0603. The number of fused-ring (bicyclic) bond motifs is 1. The molecule has 0 spiro atoms. The Morgan fingerprint density at radius 3 is 2.67 bits per heavy atom. The van der Waals surface area contributed by atoms with Crippen LogP contribution in [0.2, 0.25) is 0 Å². The van der Waals surface area contributed by atoms with E-state index in [1.165, 1.54) is 0 Å². The maximum Gasteiger partial charge on any atom is 0.253 e. The average molecular weight is 319 g/mol. The number of hydrogen-bond acceptors (Lipinski definition) is 3. The number of carbonyl (C=O) groups is 1. The Morgan fingerprint density at radius 2 is 1.88 bits per heavy atom. The average Bonchev–Trinajstić information content (AvgIpc) is 3.18. The lowest BCUT2D eigenvalue weighted by molar-refractivity contribution is 0.0840. The van der Waals surface area contributed by atoms with Gasteiger partial charge in [-0.3, -0.25) is 9.78 Å². The largest absolute Gasteiger partial charge is 0.374 e. The molecule has 1 unspecified atom stereocenters. The number of pyridine rings is 1. The topological polar surface area (TPSA) is 67.0 Å². The summed E-state index contributed by atoms with van der Waals surface area (Å²) in [4.78, 5) is 19.5. The number of nitrogens with zero attached hydrogens (tertiary/aromatic N) is 1. The quantitative estimate of drug-likeness (QED) is 0.759. The summed E-state index contributed by atoms with van der Waals surface area (Å²) < 4.78 is 5.78. The molecule has 120 valence electrons. The lowest BCUT2D eigenvalue weighted by Crippen LogP contribution is -2.23. The molecular formula is C19H17N3O2. The second kappa shape index (κ2) is 6.29. The Morgan fingerprint density at radius 1 is 1.08 bits per heavy atom. The minimum atomic E-state index is -0.146.